The van der Waals surface area contributed by atoms with Crippen molar-refractivity contribution in [1.29, 1.82) is 0 Å². The van der Waals surface area contributed by atoms with Gasteiger partial charge in [-0.15, -0.1) is 0 Å². The maximum Gasteiger partial charge on any atom is 0.339 e. The molecule has 0 aliphatic carbocycles. The summed E-state index contributed by atoms with van der Waals surface area (Å²) in [5.74, 6) is 0.865. The Hall–Kier alpha value is -3.62. The number of ether oxygens (including phenoxy) is 6. The molecule has 0 heterocycles. The maximum atomic E-state index is 12.8. The van der Waals surface area contributed by atoms with Crippen LogP contribution in [-0.4, -0.2) is 52.0 Å². The Morgan fingerprint density at radius 3 is 1.97 bits per heavy atom. The molecule has 0 saturated carbocycles. The molecule has 1 N–H and O–H groups in total. The fourth-order valence-electron chi connectivity index (χ4n) is 2.93. The monoisotopic (exact) mass is 461 g/mol. The van der Waals surface area contributed by atoms with Crippen LogP contribution in [0.1, 0.15) is 38.1 Å². The molecule has 9 nitrogen and oxygen atoms in total. The number of anilines is 1. The molecule has 2 aromatic carbocycles. The zero-order chi connectivity index (χ0) is 24.4. The van der Waals surface area contributed by atoms with Gasteiger partial charge in [-0.25, -0.2) is 4.79 Å². The molecule has 2 rings (SSSR count). The lowest BCUT2D eigenvalue weighted by molar-refractivity contribution is -0.123. The molecular formula is C24H31NO8. The Bertz CT molecular complexity index is 932. The molecule has 2 aromatic rings. The first-order chi connectivity index (χ1) is 15.9. The van der Waals surface area contributed by atoms with Crippen LogP contribution in [0.3, 0.4) is 0 Å². The third-order valence-electron chi connectivity index (χ3n) is 4.46. The van der Waals surface area contributed by atoms with E-state index >= 15 is 0 Å². The van der Waals surface area contributed by atoms with Crippen LogP contribution in [0.5, 0.6) is 28.7 Å². The van der Waals surface area contributed by atoms with Gasteiger partial charge in [0.2, 0.25) is 5.75 Å². The average molecular weight is 462 g/mol. The SMILES string of the molecule is CCOc1cc(C(=O)OC(C)C(=O)Nc2cc(OC)ccc2OC)cc(OCC)c1OCC. The van der Waals surface area contributed by atoms with Crippen molar-refractivity contribution in [3.8, 4) is 28.7 Å². The van der Waals surface area contributed by atoms with Crippen LogP contribution in [0, 0.1) is 0 Å². The largest absolute Gasteiger partial charge is 0.497 e. The summed E-state index contributed by atoms with van der Waals surface area (Å²) >= 11 is 0. The highest BCUT2D eigenvalue weighted by Crippen LogP contribution is 2.39. The lowest BCUT2D eigenvalue weighted by atomic mass is 10.1. The average Bonchev–Trinajstić information content (AvgIpc) is 2.81. The molecule has 1 atom stereocenters. The van der Waals surface area contributed by atoms with Gasteiger partial charge in [0.05, 0.1) is 45.3 Å². The standard InChI is InChI=1S/C24H31NO8/c1-7-30-20-12-16(13-21(31-8-2)22(20)32-9-3)24(27)33-15(4)23(26)25-18-14-17(28-5)10-11-19(18)29-6/h10-15H,7-9H2,1-6H3,(H,25,26). The molecule has 180 valence electrons. The first kappa shape index (κ1) is 25.6. The quantitative estimate of drug-likeness (QED) is 0.472. The second-order valence-electron chi connectivity index (χ2n) is 6.70. The van der Waals surface area contributed by atoms with Crippen LogP contribution >= 0.6 is 0 Å². The molecule has 0 aromatic heterocycles. The van der Waals surface area contributed by atoms with Gasteiger partial charge in [-0.3, -0.25) is 4.79 Å². The van der Waals surface area contributed by atoms with Crippen molar-refractivity contribution < 1.29 is 38.0 Å². The number of esters is 1. The van der Waals surface area contributed by atoms with E-state index in [0.717, 1.165) is 0 Å². The Morgan fingerprint density at radius 1 is 0.848 bits per heavy atom. The number of hydrogen-bond donors (Lipinski definition) is 1. The summed E-state index contributed by atoms with van der Waals surface area (Å²) in [7, 11) is 3.00. The van der Waals surface area contributed by atoms with Gasteiger partial charge < -0.3 is 33.7 Å². The zero-order valence-corrected chi connectivity index (χ0v) is 19.9. The van der Waals surface area contributed by atoms with E-state index in [1.165, 1.54) is 33.3 Å². The summed E-state index contributed by atoms with van der Waals surface area (Å²) in [6.07, 6.45) is -1.09. The minimum absolute atomic E-state index is 0.170. The van der Waals surface area contributed by atoms with Gasteiger partial charge in [-0.2, -0.15) is 0 Å². The fourth-order valence-corrected chi connectivity index (χ4v) is 2.93. The van der Waals surface area contributed by atoms with E-state index in [-0.39, 0.29) is 5.56 Å². The number of nitrogens with one attached hydrogen (secondary N) is 1. The Labute approximate surface area is 193 Å². The molecular weight excluding hydrogens is 430 g/mol. The molecule has 0 fully saturated rings. The van der Waals surface area contributed by atoms with Crippen LogP contribution in [0.2, 0.25) is 0 Å². The van der Waals surface area contributed by atoms with Gasteiger partial charge in [-0.05, 0) is 52.0 Å². The van der Waals surface area contributed by atoms with Crippen molar-refractivity contribution in [3.63, 3.8) is 0 Å². The maximum absolute atomic E-state index is 12.8. The van der Waals surface area contributed by atoms with Gasteiger partial charge in [0.1, 0.15) is 11.5 Å². The number of methoxy groups -OCH3 is 2. The minimum atomic E-state index is -1.09. The second-order valence-corrected chi connectivity index (χ2v) is 6.70. The Kier molecular flexibility index (Phi) is 9.65. The predicted molar refractivity (Wildman–Crippen MR) is 123 cm³/mol. The first-order valence-electron chi connectivity index (χ1n) is 10.7. The minimum Gasteiger partial charge on any atom is -0.497 e. The highest BCUT2D eigenvalue weighted by atomic mass is 16.6. The molecule has 0 bridgehead atoms. The van der Waals surface area contributed by atoms with Crippen LogP contribution in [0.4, 0.5) is 5.69 Å². The van der Waals surface area contributed by atoms with Crippen LogP contribution < -0.4 is 29.0 Å². The zero-order valence-electron chi connectivity index (χ0n) is 19.9. The molecule has 1 amide bonds. The number of rotatable bonds is 12. The van der Waals surface area contributed by atoms with Crippen molar-refractivity contribution in [2.45, 2.75) is 33.8 Å². The topological polar surface area (TPSA) is 102 Å². The van der Waals surface area contributed by atoms with E-state index in [1.807, 2.05) is 20.8 Å². The third kappa shape index (κ3) is 6.68. The predicted octanol–water partition coefficient (Wildman–Crippen LogP) is 4.08. The van der Waals surface area contributed by atoms with E-state index in [4.69, 9.17) is 28.4 Å². The van der Waals surface area contributed by atoms with E-state index in [2.05, 4.69) is 5.32 Å². The molecule has 0 radical (unpaired) electrons. The van der Waals surface area contributed by atoms with Gasteiger partial charge in [0.15, 0.2) is 17.6 Å². The summed E-state index contributed by atoms with van der Waals surface area (Å²) < 4.78 is 32.7. The lowest BCUT2D eigenvalue weighted by Crippen LogP contribution is -2.30. The third-order valence-corrected chi connectivity index (χ3v) is 4.46. The van der Waals surface area contributed by atoms with E-state index in [0.29, 0.717) is 54.3 Å². The number of benzene rings is 2. The summed E-state index contributed by atoms with van der Waals surface area (Å²) in [6.45, 7) is 8.08. The van der Waals surface area contributed by atoms with Crippen molar-refractivity contribution in [1.82, 2.24) is 0 Å². The highest BCUT2D eigenvalue weighted by Gasteiger charge is 2.24. The number of carbonyl (C=O) groups excluding carboxylic acids is 2. The van der Waals surface area contributed by atoms with Gasteiger partial charge in [0.25, 0.3) is 5.91 Å². The molecule has 0 aliphatic rings. The lowest BCUT2D eigenvalue weighted by Gasteiger charge is -2.18. The first-order valence-corrected chi connectivity index (χ1v) is 10.7. The van der Waals surface area contributed by atoms with Crippen LogP contribution in [0.25, 0.3) is 0 Å². The summed E-state index contributed by atoms with van der Waals surface area (Å²) in [5.41, 5.74) is 0.562. The molecule has 9 heteroatoms. The Morgan fingerprint density at radius 2 is 1.45 bits per heavy atom. The normalized spacial score (nSPS) is 11.2. The summed E-state index contributed by atoms with van der Waals surface area (Å²) in [4.78, 5) is 25.5. The summed E-state index contributed by atoms with van der Waals surface area (Å²) in [5, 5.41) is 2.69. The molecule has 0 saturated heterocycles. The second kappa shape index (κ2) is 12.4. The van der Waals surface area contributed by atoms with Crippen molar-refractivity contribution in [2.24, 2.45) is 0 Å². The Balaban J connectivity index is 2.22. The van der Waals surface area contributed by atoms with Crippen LogP contribution in [0.15, 0.2) is 30.3 Å². The number of amides is 1. The van der Waals surface area contributed by atoms with Gasteiger partial charge in [0, 0.05) is 6.07 Å². The van der Waals surface area contributed by atoms with Crippen LogP contribution in [-0.2, 0) is 9.53 Å². The molecule has 33 heavy (non-hydrogen) atoms. The van der Waals surface area contributed by atoms with E-state index in [1.54, 1.807) is 18.2 Å². The number of hydrogen-bond acceptors (Lipinski definition) is 8. The van der Waals surface area contributed by atoms with E-state index < -0.39 is 18.0 Å². The van der Waals surface area contributed by atoms with Crippen molar-refractivity contribution in [3.05, 3.63) is 35.9 Å². The van der Waals surface area contributed by atoms with Gasteiger partial charge >= 0.3 is 5.97 Å². The van der Waals surface area contributed by atoms with E-state index in [9.17, 15) is 9.59 Å². The highest BCUT2D eigenvalue weighted by molar-refractivity contribution is 5.98. The molecule has 0 spiro atoms. The summed E-state index contributed by atoms with van der Waals surface area (Å²) in [6, 6.07) is 8.00. The van der Waals surface area contributed by atoms with Crippen molar-refractivity contribution >= 4 is 17.6 Å². The number of carbonyl (C=O) groups is 2. The fraction of sp³-hybridized carbons (Fsp3) is 0.417. The van der Waals surface area contributed by atoms with Crippen molar-refractivity contribution in [2.75, 3.05) is 39.4 Å². The molecule has 0 aliphatic heterocycles. The van der Waals surface area contributed by atoms with Gasteiger partial charge in [-0.1, -0.05) is 0 Å². The molecule has 1 unspecified atom stereocenters. The smallest absolute Gasteiger partial charge is 0.339 e.